The molecule has 7 heteroatoms. The van der Waals surface area contributed by atoms with Crippen LogP contribution in [0, 0.1) is 11.8 Å². The average Bonchev–Trinajstić information content (AvgIpc) is 2.66. The van der Waals surface area contributed by atoms with Gasteiger partial charge in [0.2, 0.25) is 0 Å². The Morgan fingerprint density at radius 3 is 1.65 bits per heavy atom. The number of aliphatic hydroxyl groups is 1. The van der Waals surface area contributed by atoms with E-state index in [2.05, 4.69) is 50.7 Å². The molecule has 31 heavy (non-hydrogen) atoms. The van der Waals surface area contributed by atoms with Gasteiger partial charge in [-0.2, -0.15) is 0 Å². The molecule has 1 N–H and O–H groups in total. The Bertz CT molecular complexity index is 591. The normalized spacial score (nSPS) is 28.6. The Balaban J connectivity index is 0.000000343. The second-order valence-corrected chi connectivity index (χ2v) is 16.0. The van der Waals surface area contributed by atoms with Crippen LogP contribution in [-0.4, -0.2) is 87.3 Å². The molecule has 0 aromatic rings. The van der Waals surface area contributed by atoms with Crippen LogP contribution in [0.5, 0.6) is 0 Å². The number of carbonyl (C=O) groups excluding carboxylic acids is 2. The van der Waals surface area contributed by atoms with Crippen LogP contribution in [0.4, 0.5) is 0 Å². The molecule has 4 atom stereocenters. The van der Waals surface area contributed by atoms with E-state index in [0.29, 0.717) is 11.8 Å². The maximum Gasteiger partial charge on any atom is 0.192 e. The van der Waals surface area contributed by atoms with E-state index in [4.69, 9.17) is 9.53 Å². The number of hydrogen-bond acceptors (Lipinski definition) is 6. The van der Waals surface area contributed by atoms with Gasteiger partial charge in [-0.25, -0.2) is 0 Å². The van der Waals surface area contributed by atoms with Gasteiger partial charge in [0.25, 0.3) is 0 Å². The first kappa shape index (κ1) is 28.4. The molecule has 2 aliphatic heterocycles. The summed E-state index contributed by atoms with van der Waals surface area (Å²) in [6.45, 7) is 17.5. The first-order valence-electron chi connectivity index (χ1n) is 11.9. The van der Waals surface area contributed by atoms with Crippen LogP contribution in [0.1, 0.15) is 60.3 Å². The minimum atomic E-state index is -1.65. The summed E-state index contributed by atoms with van der Waals surface area (Å²) in [5, 5.41) is 9.23. The highest BCUT2D eigenvalue weighted by Gasteiger charge is 2.38. The summed E-state index contributed by atoms with van der Waals surface area (Å²) in [4.78, 5) is 26.9. The summed E-state index contributed by atoms with van der Waals surface area (Å²) in [6.07, 6.45) is 3.97. The lowest BCUT2D eigenvalue weighted by atomic mass is 9.91. The molecule has 0 amide bonds. The van der Waals surface area contributed by atoms with Gasteiger partial charge >= 0.3 is 0 Å². The number of hydrogen-bond donors (Lipinski definition) is 1. The zero-order valence-corrected chi connectivity index (χ0v) is 22.5. The number of Topliss-reactive ketones (excluding diaryl/α,β-unsaturated/α-hetero) is 2. The van der Waals surface area contributed by atoms with Gasteiger partial charge < -0.3 is 19.3 Å². The number of aliphatic hydroxyl groups excluding tert-OH is 1. The van der Waals surface area contributed by atoms with Crippen molar-refractivity contribution in [3.05, 3.63) is 0 Å². The highest BCUT2D eigenvalue weighted by Crippen LogP contribution is 2.37. The molecular formula is C24H48N2O4Si. The average molecular weight is 457 g/mol. The Kier molecular flexibility index (Phi) is 11.0. The quantitative estimate of drug-likeness (QED) is 0.616. The largest absolute Gasteiger partial charge is 0.415 e. The van der Waals surface area contributed by atoms with Crippen molar-refractivity contribution in [2.45, 2.75) is 90.5 Å². The van der Waals surface area contributed by atoms with Gasteiger partial charge in [-0.3, -0.25) is 9.59 Å². The Hall–Kier alpha value is -0.603. The molecule has 2 rings (SSSR count). The SMILES string of the molecule is CC(=O)C1CCC(CO)N(C)C1.CC(=O)[C@H]1CCC(CO[Si](C)(C)C(C)(C)C)N(C)C1. The smallest absolute Gasteiger partial charge is 0.192 e. The first-order chi connectivity index (χ1) is 14.2. The van der Waals surface area contributed by atoms with Crippen LogP contribution >= 0.6 is 0 Å². The molecule has 0 radical (unpaired) electrons. The maximum absolute atomic E-state index is 11.4. The number of ketones is 2. The van der Waals surface area contributed by atoms with E-state index in [1.807, 2.05) is 7.05 Å². The fourth-order valence-electron chi connectivity index (χ4n) is 4.03. The lowest BCUT2D eigenvalue weighted by Crippen LogP contribution is -2.49. The Labute approximate surface area is 191 Å². The van der Waals surface area contributed by atoms with Crippen molar-refractivity contribution < 1.29 is 19.1 Å². The van der Waals surface area contributed by atoms with Gasteiger partial charge in [-0.05, 0) is 71.8 Å². The molecule has 2 fully saturated rings. The van der Waals surface area contributed by atoms with Crippen molar-refractivity contribution in [3.8, 4) is 0 Å². The summed E-state index contributed by atoms with van der Waals surface area (Å²) in [6, 6.07) is 0.741. The molecule has 2 aliphatic rings. The van der Waals surface area contributed by atoms with Crippen molar-refractivity contribution in [2.75, 3.05) is 40.4 Å². The molecule has 6 nitrogen and oxygen atoms in total. The number of nitrogens with zero attached hydrogens (tertiary/aromatic N) is 2. The van der Waals surface area contributed by atoms with E-state index < -0.39 is 8.32 Å². The highest BCUT2D eigenvalue weighted by atomic mass is 28.4. The van der Waals surface area contributed by atoms with Crippen molar-refractivity contribution in [2.24, 2.45) is 11.8 Å². The maximum atomic E-state index is 11.4. The van der Waals surface area contributed by atoms with E-state index in [9.17, 15) is 9.59 Å². The van der Waals surface area contributed by atoms with E-state index in [-0.39, 0.29) is 35.3 Å². The number of rotatable bonds is 6. The molecule has 0 saturated carbocycles. The summed E-state index contributed by atoms with van der Waals surface area (Å²) in [5.74, 6) is 1.03. The minimum absolute atomic E-state index is 0.192. The molecule has 0 aromatic heterocycles. The van der Waals surface area contributed by atoms with Crippen molar-refractivity contribution in [3.63, 3.8) is 0 Å². The molecule has 182 valence electrons. The zero-order chi connectivity index (χ0) is 24.0. The third-order valence-corrected chi connectivity index (χ3v) is 12.3. The van der Waals surface area contributed by atoms with Gasteiger partial charge in [0.05, 0.1) is 6.61 Å². The summed E-state index contributed by atoms with van der Waals surface area (Å²) in [5.41, 5.74) is 0. The summed E-state index contributed by atoms with van der Waals surface area (Å²) in [7, 11) is 2.44. The van der Waals surface area contributed by atoms with Crippen LogP contribution in [0.15, 0.2) is 0 Å². The minimum Gasteiger partial charge on any atom is -0.415 e. The van der Waals surface area contributed by atoms with Crippen LogP contribution in [0.2, 0.25) is 18.1 Å². The van der Waals surface area contributed by atoms with Gasteiger partial charge in [0.1, 0.15) is 11.6 Å². The van der Waals surface area contributed by atoms with E-state index in [0.717, 1.165) is 45.4 Å². The van der Waals surface area contributed by atoms with E-state index in [1.165, 1.54) is 0 Å². The molecule has 0 bridgehead atoms. The van der Waals surface area contributed by atoms with E-state index >= 15 is 0 Å². The first-order valence-corrected chi connectivity index (χ1v) is 14.8. The van der Waals surface area contributed by atoms with Crippen molar-refractivity contribution in [1.29, 1.82) is 0 Å². The molecule has 0 aromatic carbocycles. The number of likely N-dealkylation sites (N-methyl/N-ethyl adjacent to an activating group) is 2. The second kappa shape index (κ2) is 12.0. The Morgan fingerprint density at radius 2 is 1.32 bits per heavy atom. The third-order valence-electron chi connectivity index (χ3n) is 7.76. The van der Waals surface area contributed by atoms with Gasteiger partial charge in [0, 0.05) is 43.6 Å². The lowest BCUT2D eigenvalue weighted by molar-refractivity contribution is -0.123. The van der Waals surface area contributed by atoms with Crippen molar-refractivity contribution in [1.82, 2.24) is 9.80 Å². The second-order valence-electron chi connectivity index (χ2n) is 11.2. The third kappa shape index (κ3) is 8.69. The summed E-state index contributed by atoms with van der Waals surface area (Å²) < 4.78 is 6.31. The molecule has 3 unspecified atom stereocenters. The lowest BCUT2D eigenvalue weighted by Gasteiger charge is -2.41. The predicted octanol–water partition coefficient (Wildman–Crippen LogP) is 3.59. The molecule has 0 aliphatic carbocycles. The monoisotopic (exact) mass is 456 g/mol. The molecular weight excluding hydrogens is 408 g/mol. The standard InChI is InChI=1S/C15H31NO2Si.C9H17NO2/c1-12(17)13-8-9-14(16(5)10-13)11-18-19(6,7)15(2,3)4;1-7(12)8-3-4-9(6-11)10(2)5-8/h13-14H,8-11H2,1-7H3;8-9,11H,3-6H2,1-2H3/t13-,14?;/m0./s1. The fourth-order valence-corrected chi connectivity index (χ4v) is 5.07. The van der Waals surface area contributed by atoms with Gasteiger partial charge in [0.15, 0.2) is 8.32 Å². The van der Waals surface area contributed by atoms with Gasteiger partial charge in [-0.15, -0.1) is 0 Å². The zero-order valence-electron chi connectivity index (χ0n) is 21.5. The molecule has 0 spiro atoms. The van der Waals surface area contributed by atoms with Gasteiger partial charge in [-0.1, -0.05) is 20.8 Å². The molecule has 2 heterocycles. The summed E-state index contributed by atoms with van der Waals surface area (Å²) >= 11 is 0. The van der Waals surface area contributed by atoms with Crippen molar-refractivity contribution >= 4 is 19.9 Å². The van der Waals surface area contributed by atoms with Crippen LogP contribution < -0.4 is 0 Å². The Morgan fingerprint density at radius 1 is 0.903 bits per heavy atom. The highest BCUT2D eigenvalue weighted by molar-refractivity contribution is 6.74. The van der Waals surface area contributed by atoms with Crippen LogP contribution in [0.3, 0.4) is 0 Å². The predicted molar refractivity (Wildman–Crippen MR) is 130 cm³/mol. The molecule has 2 saturated heterocycles. The number of carbonyl (C=O) groups is 2. The van der Waals surface area contributed by atoms with E-state index in [1.54, 1.807) is 13.8 Å². The number of piperidine rings is 2. The topological polar surface area (TPSA) is 70.1 Å². The number of likely N-dealkylation sites (tertiary alicyclic amines) is 2. The van der Waals surface area contributed by atoms with Crippen LogP contribution in [0.25, 0.3) is 0 Å². The van der Waals surface area contributed by atoms with Crippen LogP contribution in [-0.2, 0) is 14.0 Å². The fraction of sp³-hybridized carbons (Fsp3) is 0.917.